The van der Waals surface area contributed by atoms with Gasteiger partial charge in [0.1, 0.15) is 0 Å². The van der Waals surface area contributed by atoms with Crippen LogP contribution < -0.4 is 0 Å². The summed E-state index contributed by atoms with van der Waals surface area (Å²) in [5.74, 6) is 0. The quantitative estimate of drug-likeness (QED) is 0.560. The van der Waals surface area contributed by atoms with Crippen LogP contribution in [-0.4, -0.2) is 6.29 Å². The second kappa shape index (κ2) is 5.76. The molecular formula is C13H8Cl2N2O. The summed E-state index contributed by atoms with van der Waals surface area (Å²) in [5.41, 5.74) is 1.71. The van der Waals surface area contributed by atoms with Crippen LogP contribution >= 0.6 is 23.2 Å². The van der Waals surface area contributed by atoms with Crippen LogP contribution in [0.2, 0.25) is 10.0 Å². The molecule has 3 nitrogen and oxygen atoms in total. The summed E-state index contributed by atoms with van der Waals surface area (Å²) in [6.45, 7) is 0. The predicted molar refractivity (Wildman–Crippen MR) is 72.5 cm³/mol. The molecule has 5 heteroatoms. The average molecular weight is 279 g/mol. The van der Waals surface area contributed by atoms with Crippen LogP contribution in [0.4, 0.5) is 11.4 Å². The molecule has 2 rings (SSSR count). The molecule has 18 heavy (non-hydrogen) atoms. The standard InChI is InChI=1S/C13H8Cl2N2O/c14-10-2-5-11(6-3-10)16-17-12-4-1-9(8-18)13(15)7-12/h1-8H. The average Bonchev–Trinajstić information content (AvgIpc) is 2.38. The van der Waals surface area contributed by atoms with E-state index in [4.69, 9.17) is 23.2 Å². The Hall–Kier alpha value is -1.71. The fraction of sp³-hybridized carbons (Fsp3) is 0. The molecule has 0 aromatic heterocycles. The SMILES string of the molecule is O=Cc1ccc(N=Nc2ccc(Cl)cc2)cc1Cl. The lowest BCUT2D eigenvalue weighted by Crippen LogP contribution is -1.79. The molecule has 0 fully saturated rings. The van der Waals surface area contributed by atoms with Crippen molar-refractivity contribution < 1.29 is 4.79 Å². The van der Waals surface area contributed by atoms with Gasteiger partial charge < -0.3 is 0 Å². The maximum atomic E-state index is 10.6. The van der Waals surface area contributed by atoms with Crippen molar-refractivity contribution in [1.29, 1.82) is 0 Å². The Bertz CT molecular complexity index is 594. The molecule has 0 aliphatic carbocycles. The molecule has 0 saturated carbocycles. The van der Waals surface area contributed by atoms with Crippen molar-refractivity contribution in [3.05, 3.63) is 58.1 Å². The summed E-state index contributed by atoms with van der Waals surface area (Å²) in [6.07, 6.45) is 0.697. The van der Waals surface area contributed by atoms with E-state index in [1.54, 1.807) is 42.5 Å². The molecule has 0 aliphatic heterocycles. The number of rotatable bonds is 3. The highest BCUT2D eigenvalue weighted by molar-refractivity contribution is 6.33. The Morgan fingerprint density at radius 2 is 1.50 bits per heavy atom. The zero-order chi connectivity index (χ0) is 13.0. The first-order chi connectivity index (χ1) is 8.69. The van der Waals surface area contributed by atoms with Crippen molar-refractivity contribution in [3.63, 3.8) is 0 Å². The Kier molecular flexibility index (Phi) is 4.07. The molecule has 2 aromatic carbocycles. The first kappa shape index (κ1) is 12.7. The summed E-state index contributed by atoms with van der Waals surface area (Å²) < 4.78 is 0. The summed E-state index contributed by atoms with van der Waals surface area (Å²) in [7, 11) is 0. The number of carbonyl (C=O) groups excluding carboxylic acids is 1. The van der Waals surface area contributed by atoms with Gasteiger partial charge in [-0.1, -0.05) is 23.2 Å². The van der Waals surface area contributed by atoms with Crippen molar-refractivity contribution >= 4 is 40.9 Å². The molecule has 0 spiro atoms. The molecule has 0 bridgehead atoms. The van der Waals surface area contributed by atoms with E-state index in [9.17, 15) is 4.79 Å². The van der Waals surface area contributed by atoms with E-state index in [0.717, 1.165) is 0 Å². The highest BCUT2D eigenvalue weighted by Crippen LogP contribution is 2.24. The molecule has 0 saturated heterocycles. The Labute approximate surface area is 114 Å². The fourth-order valence-electron chi connectivity index (χ4n) is 1.30. The van der Waals surface area contributed by atoms with Gasteiger partial charge in [0.25, 0.3) is 0 Å². The number of carbonyl (C=O) groups is 1. The number of halogens is 2. The third-order valence-corrected chi connectivity index (χ3v) is 2.80. The molecule has 0 unspecified atom stereocenters. The van der Waals surface area contributed by atoms with E-state index in [1.165, 1.54) is 0 Å². The Morgan fingerprint density at radius 1 is 0.889 bits per heavy atom. The van der Waals surface area contributed by atoms with E-state index in [1.807, 2.05) is 0 Å². The molecular weight excluding hydrogens is 271 g/mol. The highest BCUT2D eigenvalue weighted by Gasteiger charge is 1.99. The summed E-state index contributed by atoms with van der Waals surface area (Å²) >= 11 is 11.6. The zero-order valence-electron chi connectivity index (χ0n) is 9.18. The van der Waals surface area contributed by atoms with Crippen molar-refractivity contribution in [3.8, 4) is 0 Å². The van der Waals surface area contributed by atoms with Crippen LogP contribution in [0.15, 0.2) is 52.7 Å². The third-order valence-electron chi connectivity index (χ3n) is 2.22. The second-order valence-electron chi connectivity index (χ2n) is 3.50. The van der Waals surface area contributed by atoms with E-state index >= 15 is 0 Å². The largest absolute Gasteiger partial charge is 0.298 e. The minimum absolute atomic E-state index is 0.359. The van der Waals surface area contributed by atoms with Gasteiger partial charge in [-0.05, 0) is 42.5 Å². The molecule has 0 N–H and O–H groups in total. The summed E-state index contributed by atoms with van der Waals surface area (Å²) in [6, 6.07) is 11.8. The predicted octanol–water partition coefficient (Wildman–Crippen LogP) is 5.22. The van der Waals surface area contributed by atoms with E-state index in [0.29, 0.717) is 33.3 Å². The number of nitrogens with zero attached hydrogens (tertiary/aromatic N) is 2. The molecule has 2 aromatic rings. The maximum absolute atomic E-state index is 10.6. The summed E-state index contributed by atoms with van der Waals surface area (Å²) in [5, 5.41) is 9.06. The minimum atomic E-state index is 0.359. The van der Waals surface area contributed by atoms with Crippen molar-refractivity contribution in [2.45, 2.75) is 0 Å². The molecule has 0 atom stereocenters. The van der Waals surface area contributed by atoms with Gasteiger partial charge in [-0.3, -0.25) is 4.79 Å². The van der Waals surface area contributed by atoms with Crippen LogP contribution in [-0.2, 0) is 0 Å². The van der Waals surface area contributed by atoms with Crippen molar-refractivity contribution in [2.24, 2.45) is 10.2 Å². The van der Waals surface area contributed by atoms with E-state index < -0.39 is 0 Å². The van der Waals surface area contributed by atoms with Crippen molar-refractivity contribution in [1.82, 2.24) is 0 Å². The van der Waals surface area contributed by atoms with Crippen LogP contribution in [0.3, 0.4) is 0 Å². The smallest absolute Gasteiger partial charge is 0.151 e. The van der Waals surface area contributed by atoms with Gasteiger partial charge in [0.15, 0.2) is 6.29 Å². The molecule has 0 aliphatic rings. The van der Waals surface area contributed by atoms with Crippen LogP contribution in [0.5, 0.6) is 0 Å². The fourth-order valence-corrected chi connectivity index (χ4v) is 1.64. The topological polar surface area (TPSA) is 41.8 Å². The zero-order valence-corrected chi connectivity index (χ0v) is 10.7. The first-order valence-corrected chi connectivity index (χ1v) is 5.86. The minimum Gasteiger partial charge on any atom is -0.298 e. The van der Waals surface area contributed by atoms with Crippen molar-refractivity contribution in [2.75, 3.05) is 0 Å². The first-order valence-electron chi connectivity index (χ1n) is 5.11. The molecule has 0 heterocycles. The number of azo groups is 1. The van der Waals surface area contributed by atoms with Gasteiger partial charge in [-0.2, -0.15) is 10.2 Å². The Balaban J connectivity index is 2.21. The van der Waals surface area contributed by atoms with Crippen LogP contribution in [0.1, 0.15) is 10.4 Å². The molecule has 90 valence electrons. The monoisotopic (exact) mass is 278 g/mol. The Morgan fingerprint density at radius 3 is 2.11 bits per heavy atom. The van der Waals surface area contributed by atoms with Gasteiger partial charge in [0.05, 0.1) is 16.4 Å². The van der Waals surface area contributed by atoms with Crippen LogP contribution in [0, 0.1) is 0 Å². The highest BCUT2D eigenvalue weighted by atomic mass is 35.5. The number of aldehydes is 1. The van der Waals surface area contributed by atoms with Gasteiger partial charge in [-0.15, -0.1) is 0 Å². The van der Waals surface area contributed by atoms with Gasteiger partial charge >= 0.3 is 0 Å². The maximum Gasteiger partial charge on any atom is 0.151 e. The third kappa shape index (κ3) is 3.15. The summed E-state index contributed by atoms with van der Waals surface area (Å²) in [4.78, 5) is 10.6. The van der Waals surface area contributed by atoms with E-state index in [2.05, 4.69) is 10.2 Å². The lowest BCUT2D eigenvalue weighted by atomic mass is 10.2. The second-order valence-corrected chi connectivity index (χ2v) is 4.34. The number of hydrogen-bond acceptors (Lipinski definition) is 3. The number of benzene rings is 2. The lowest BCUT2D eigenvalue weighted by Gasteiger charge is -1.97. The van der Waals surface area contributed by atoms with Gasteiger partial charge in [-0.25, -0.2) is 0 Å². The normalized spacial score (nSPS) is 10.8. The molecule has 0 amide bonds. The lowest BCUT2D eigenvalue weighted by molar-refractivity contribution is 0.112. The number of hydrogen-bond donors (Lipinski definition) is 0. The molecule has 0 radical (unpaired) electrons. The van der Waals surface area contributed by atoms with Crippen LogP contribution in [0.25, 0.3) is 0 Å². The van der Waals surface area contributed by atoms with Gasteiger partial charge in [0, 0.05) is 10.6 Å². The van der Waals surface area contributed by atoms with E-state index in [-0.39, 0.29) is 0 Å². The van der Waals surface area contributed by atoms with Gasteiger partial charge in [0.2, 0.25) is 0 Å².